The van der Waals surface area contributed by atoms with E-state index >= 15 is 0 Å². The van der Waals surface area contributed by atoms with Crippen LogP contribution in [0.15, 0.2) is 182 Å². The number of ether oxygens (including phenoxy) is 1. The molecule has 0 spiro atoms. The summed E-state index contributed by atoms with van der Waals surface area (Å²) in [6.45, 7) is 0. The number of hydrogen-bond donors (Lipinski definition) is 0. The largest absolute Gasteiger partial charge is 0.485 e. The standard InChI is InChI=1S/C52H34N4O/c1-4-14-34(15-5-1)39-20-10-11-21-40(39)52-55-50(36-18-8-3-9-19-36)54-51(56-52)37-26-24-33(25-27-37)38-28-30-44-43(32-38)47-42(49(53-44)35-16-6-2-7-17-35)29-31-46-48(47)41-22-12-13-23-45(41)57-46/h1-30,32,46H,31H2. The molecule has 5 heteroatoms. The number of aromatic nitrogens is 4. The molecule has 57 heavy (non-hydrogen) atoms. The molecule has 5 nitrogen and oxygen atoms in total. The van der Waals surface area contributed by atoms with Crippen molar-refractivity contribution in [1.82, 2.24) is 19.9 Å². The second-order valence-corrected chi connectivity index (χ2v) is 14.5. The van der Waals surface area contributed by atoms with E-state index in [1.54, 1.807) is 0 Å². The van der Waals surface area contributed by atoms with Gasteiger partial charge in [-0.15, -0.1) is 0 Å². The van der Waals surface area contributed by atoms with Gasteiger partial charge in [-0.2, -0.15) is 0 Å². The van der Waals surface area contributed by atoms with E-state index < -0.39 is 0 Å². The second kappa shape index (κ2) is 13.7. The highest BCUT2D eigenvalue weighted by atomic mass is 16.5. The number of nitrogens with zero attached hydrogens (tertiary/aromatic N) is 4. The number of para-hydroxylation sites is 1. The third-order valence-electron chi connectivity index (χ3n) is 11.0. The molecule has 11 rings (SSSR count). The number of rotatable bonds is 6. The average molecular weight is 731 g/mol. The van der Waals surface area contributed by atoms with Crippen LogP contribution in [0.1, 0.15) is 12.0 Å². The molecule has 2 aliphatic rings. The van der Waals surface area contributed by atoms with E-state index in [-0.39, 0.29) is 6.10 Å². The molecule has 0 amide bonds. The van der Waals surface area contributed by atoms with Gasteiger partial charge in [0, 0.05) is 55.6 Å². The summed E-state index contributed by atoms with van der Waals surface area (Å²) >= 11 is 0. The molecule has 0 fully saturated rings. The Labute approximate surface area is 330 Å². The Hall–Kier alpha value is -7.50. The van der Waals surface area contributed by atoms with E-state index in [9.17, 15) is 0 Å². The highest BCUT2D eigenvalue weighted by Gasteiger charge is 2.31. The molecule has 0 bridgehead atoms. The zero-order valence-corrected chi connectivity index (χ0v) is 30.9. The van der Waals surface area contributed by atoms with Crippen molar-refractivity contribution >= 4 is 22.6 Å². The van der Waals surface area contributed by atoms with Gasteiger partial charge in [0.1, 0.15) is 11.9 Å². The summed E-state index contributed by atoms with van der Waals surface area (Å²) in [6.07, 6.45) is 3.09. The minimum atomic E-state index is -0.0299. The minimum absolute atomic E-state index is 0.0299. The molecule has 1 aliphatic carbocycles. The Balaban J connectivity index is 1.05. The summed E-state index contributed by atoms with van der Waals surface area (Å²) in [5.74, 6) is 2.83. The maximum Gasteiger partial charge on any atom is 0.164 e. The number of hydrogen-bond acceptors (Lipinski definition) is 5. The van der Waals surface area contributed by atoms with Crippen LogP contribution in [0, 0.1) is 0 Å². The molecule has 268 valence electrons. The monoisotopic (exact) mass is 730 g/mol. The lowest BCUT2D eigenvalue weighted by Crippen LogP contribution is -2.38. The fraction of sp³-hybridized carbons (Fsp3) is 0.0385. The summed E-state index contributed by atoms with van der Waals surface area (Å²) in [7, 11) is 0. The van der Waals surface area contributed by atoms with Gasteiger partial charge in [-0.1, -0.05) is 170 Å². The Morgan fingerprint density at radius 2 is 0.965 bits per heavy atom. The first-order valence-corrected chi connectivity index (χ1v) is 19.3. The molecular formula is C52H34N4O. The summed E-state index contributed by atoms with van der Waals surface area (Å²) in [5, 5.41) is 3.50. The SMILES string of the molecule is C1=c2c(-c3ccccc3)nc3ccc(-c4ccc(-c5nc(-c6ccccc6)nc(-c6ccccc6-c6ccccc6)n5)cc4)cc3c2=C2c3ccccc3OC2C1. The van der Waals surface area contributed by atoms with E-state index in [4.69, 9.17) is 24.7 Å². The molecule has 0 radical (unpaired) electrons. The van der Waals surface area contributed by atoms with Crippen molar-refractivity contribution in [2.75, 3.05) is 0 Å². The van der Waals surface area contributed by atoms with Crippen LogP contribution in [0.4, 0.5) is 0 Å². The van der Waals surface area contributed by atoms with Crippen LogP contribution in [0.2, 0.25) is 0 Å². The van der Waals surface area contributed by atoms with Gasteiger partial charge in [0.25, 0.3) is 0 Å². The Bertz CT molecular complexity index is 3110. The van der Waals surface area contributed by atoms with Crippen LogP contribution in [0.3, 0.4) is 0 Å². The van der Waals surface area contributed by atoms with Crippen molar-refractivity contribution in [1.29, 1.82) is 0 Å². The number of benzene rings is 7. The van der Waals surface area contributed by atoms with Crippen LogP contribution >= 0.6 is 0 Å². The maximum atomic E-state index is 6.53. The van der Waals surface area contributed by atoms with Gasteiger partial charge in [-0.3, -0.25) is 0 Å². The predicted octanol–water partition coefficient (Wildman–Crippen LogP) is 10.6. The smallest absolute Gasteiger partial charge is 0.164 e. The molecule has 1 aliphatic heterocycles. The van der Waals surface area contributed by atoms with Crippen molar-refractivity contribution in [2.24, 2.45) is 0 Å². The Morgan fingerprint density at radius 1 is 0.421 bits per heavy atom. The number of fused-ring (bicyclic) bond motifs is 6. The maximum absolute atomic E-state index is 6.53. The highest BCUT2D eigenvalue weighted by molar-refractivity contribution is 5.93. The zero-order chi connectivity index (χ0) is 37.7. The van der Waals surface area contributed by atoms with Crippen LogP contribution in [-0.4, -0.2) is 26.0 Å². The topological polar surface area (TPSA) is 60.8 Å². The molecular weight excluding hydrogens is 697 g/mol. The average Bonchev–Trinajstić information content (AvgIpc) is 3.68. The first-order valence-electron chi connectivity index (χ1n) is 19.3. The van der Waals surface area contributed by atoms with E-state index in [0.717, 1.165) is 78.8 Å². The van der Waals surface area contributed by atoms with Gasteiger partial charge in [0.05, 0.1) is 11.2 Å². The second-order valence-electron chi connectivity index (χ2n) is 14.5. The van der Waals surface area contributed by atoms with Gasteiger partial charge in [0.15, 0.2) is 17.5 Å². The molecule has 2 aromatic heterocycles. The van der Waals surface area contributed by atoms with Crippen LogP contribution < -0.4 is 15.2 Å². The van der Waals surface area contributed by atoms with Gasteiger partial charge in [-0.05, 0) is 40.5 Å². The zero-order valence-electron chi connectivity index (χ0n) is 30.9. The molecule has 0 saturated carbocycles. The Kier molecular flexibility index (Phi) is 7.88. The van der Waals surface area contributed by atoms with Crippen molar-refractivity contribution < 1.29 is 4.74 Å². The van der Waals surface area contributed by atoms with E-state index in [2.05, 4.69) is 140 Å². The van der Waals surface area contributed by atoms with Crippen LogP contribution in [-0.2, 0) is 0 Å². The Morgan fingerprint density at radius 3 is 1.68 bits per heavy atom. The van der Waals surface area contributed by atoms with E-state index in [0.29, 0.717) is 17.5 Å². The molecule has 7 aromatic carbocycles. The normalized spacial score (nSPS) is 14.0. The lowest BCUT2D eigenvalue weighted by Gasteiger charge is -2.18. The molecule has 1 atom stereocenters. The highest BCUT2D eigenvalue weighted by Crippen LogP contribution is 2.39. The van der Waals surface area contributed by atoms with Gasteiger partial charge >= 0.3 is 0 Å². The minimum Gasteiger partial charge on any atom is -0.485 e. The fourth-order valence-electron chi connectivity index (χ4n) is 8.33. The molecule has 3 heterocycles. The van der Waals surface area contributed by atoms with Gasteiger partial charge < -0.3 is 4.74 Å². The molecule has 0 saturated heterocycles. The fourth-order valence-corrected chi connectivity index (χ4v) is 8.33. The number of pyridine rings is 1. The summed E-state index contributed by atoms with van der Waals surface area (Å²) < 4.78 is 6.53. The first-order chi connectivity index (χ1) is 28.2. The van der Waals surface area contributed by atoms with E-state index in [1.165, 1.54) is 16.0 Å². The quantitative estimate of drug-likeness (QED) is 0.170. The first kappa shape index (κ1) is 32.9. The third-order valence-corrected chi connectivity index (χ3v) is 11.0. The van der Waals surface area contributed by atoms with Crippen molar-refractivity contribution in [2.45, 2.75) is 12.5 Å². The van der Waals surface area contributed by atoms with Gasteiger partial charge in [0.2, 0.25) is 0 Å². The van der Waals surface area contributed by atoms with Crippen molar-refractivity contribution in [3.8, 4) is 73.4 Å². The molecule has 0 N–H and O–H groups in total. The van der Waals surface area contributed by atoms with Crippen molar-refractivity contribution in [3.63, 3.8) is 0 Å². The van der Waals surface area contributed by atoms with Crippen LogP contribution in [0.25, 0.3) is 90.2 Å². The molecule has 1 unspecified atom stereocenters. The molecule has 9 aromatic rings. The third kappa shape index (κ3) is 5.80. The summed E-state index contributed by atoms with van der Waals surface area (Å²) in [4.78, 5) is 20.5. The van der Waals surface area contributed by atoms with E-state index in [1.807, 2.05) is 48.5 Å². The van der Waals surface area contributed by atoms with Crippen LogP contribution in [0.5, 0.6) is 5.75 Å². The summed E-state index contributed by atoms with van der Waals surface area (Å²) in [5.41, 5.74) is 12.7. The lowest BCUT2D eigenvalue weighted by molar-refractivity contribution is 0.282. The van der Waals surface area contributed by atoms with Crippen molar-refractivity contribution in [3.05, 3.63) is 198 Å². The predicted molar refractivity (Wildman–Crippen MR) is 229 cm³/mol. The lowest BCUT2D eigenvalue weighted by atomic mass is 9.89. The van der Waals surface area contributed by atoms with Gasteiger partial charge in [-0.25, -0.2) is 19.9 Å². The summed E-state index contributed by atoms with van der Waals surface area (Å²) in [6, 6.07) is 62.9.